The Balaban J connectivity index is 1.83. The molecule has 1 amide bonds. The van der Waals surface area contributed by atoms with E-state index in [2.05, 4.69) is 10.6 Å². The lowest BCUT2D eigenvalue weighted by Gasteiger charge is -2.11. The molecule has 0 bridgehead atoms. The van der Waals surface area contributed by atoms with Gasteiger partial charge in [0.2, 0.25) is 0 Å². The molecule has 1 heterocycles. The van der Waals surface area contributed by atoms with Crippen molar-refractivity contribution < 1.29 is 9.18 Å². The third kappa shape index (κ3) is 3.65. The van der Waals surface area contributed by atoms with Gasteiger partial charge in [0.1, 0.15) is 5.82 Å². The molecule has 0 spiro atoms. The Labute approximate surface area is 120 Å². The van der Waals surface area contributed by atoms with Gasteiger partial charge < -0.3 is 10.6 Å². The molecule has 0 saturated carbocycles. The standard InChI is InChI=1S/C13H16FIN2O/c14-9-3-4-11(12(15)8-9)13(18)17-7-5-10-2-1-6-16-10/h3-4,8,10,16H,1-2,5-7H2,(H,17,18)/t10-/m0/s1. The monoisotopic (exact) mass is 362 g/mol. The molecule has 5 heteroatoms. The van der Waals surface area contributed by atoms with Crippen molar-refractivity contribution in [1.29, 1.82) is 0 Å². The molecule has 18 heavy (non-hydrogen) atoms. The van der Waals surface area contributed by atoms with Crippen molar-refractivity contribution in [2.75, 3.05) is 13.1 Å². The molecule has 1 atom stereocenters. The Morgan fingerprint density at radius 3 is 3.06 bits per heavy atom. The molecule has 0 aromatic heterocycles. The van der Waals surface area contributed by atoms with E-state index in [1.165, 1.54) is 31.0 Å². The van der Waals surface area contributed by atoms with E-state index in [0.29, 0.717) is 21.7 Å². The van der Waals surface area contributed by atoms with Gasteiger partial charge >= 0.3 is 0 Å². The highest BCUT2D eigenvalue weighted by Gasteiger charge is 2.15. The van der Waals surface area contributed by atoms with Gasteiger partial charge in [-0.2, -0.15) is 0 Å². The van der Waals surface area contributed by atoms with Crippen molar-refractivity contribution in [1.82, 2.24) is 10.6 Å². The van der Waals surface area contributed by atoms with Gasteiger partial charge in [-0.05, 0) is 66.6 Å². The molecular weight excluding hydrogens is 346 g/mol. The number of carbonyl (C=O) groups is 1. The molecule has 98 valence electrons. The highest BCUT2D eigenvalue weighted by molar-refractivity contribution is 14.1. The van der Waals surface area contributed by atoms with Crippen LogP contribution in [0.1, 0.15) is 29.6 Å². The summed E-state index contributed by atoms with van der Waals surface area (Å²) in [6.07, 6.45) is 3.35. The number of amides is 1. The first-order valence-electron chi connectivity index (χ1n) is 6.13. The van der Waals surface area contributed by atoms with Crippen LogP contribution in [-0.4, -0.2) is 25.0 Å². The van der Waals surface area contributed by atoms with Crippen molar-refractivity contribution in [2.45, 2.75) is 25.3 Å². The molecule has 0 unspecified atom stereocenters. The van der Waals surface area contributed by atoms with Crippen LogP contribution in [0.3, 0.4) is 0 Å². The molecule has 2 rings (SSSR count). The largest absolute Gasteiger partial charge is 0.352 e. The predicted molar refractivity (Wildman–Crippen MR) is 77.1 cm³/mol. The van der Waals surface area contributed by atoms with Crippen molar-refractivity contribution in [3.05, 3.63) is 33.1 Å². The SMILES string of the molecule is O=C(NCC[C@@H]1CCCN1)c1ccc(F)cc1I. The minimum Gasteiger partial charge on any atom is -0.352 e. The van der Waals surface area contributed by atoms with Crippen LogP contribution >= 0.6 is 22.6 Å². The van der Waals surface area contributed by atoms with E-state index >= 15 is 0 Å². The van der Waals surface area contributed by atoms with Gasteiger partial charge in [-0.25, -0.2) is 4.39 Å². The maximum Gasteiger partial charge on any atom is 0.252 e. The second kappa shape index (κ2) is 6.47. The smallest absolute Gasteiger partial charge is 0.252 e. The van der Waals surface area contributed by atoms with Crippen LogP contribution in [0.4, 0.5) is 4.39 Å². The first kappa shape index (κ1) is 13.7. The maximum absolute atomic E-state index is 12.9. The molecule has 1 aliphatic heterocycles. The summed E-state index contributed by atoms with van der Waals surface area (Å²) in [5.41, 5.74) is 0.538. The number of hydrogen-bond acceptors (Lipinski definition) is 2. The zero-order valence-electron chi connectivity index (χ0n) is 10.0. The number of carbonyl (C=O) groups excluding carboxylic acids is 1. The highest BCUT2D eigenvalue weighted by Crippen LogP contribution is 2.14. The minimum absolute atomic E-state index is 0.127. The van der Waals surface area contributed by atoms with Gasteiger partial charge in [-0.3, -0.25) is 4.79 Å². The molecule has 0 radical (unpaired) electrons. The molecule has 1 aromatic carbocycles. The minimum atomic E-state index is -0.314. The summed E-state index contributed by atoms with van der Waals surface area (Å²) in [6.45, 7) is 1.73. The van der Waals surface area contributed by atoms with Gasteiger partial charge in [0.25, 0.3) is 5.91 Å². The highest BCUT2D eigenvalue weighted by atomic mass is 127. The van der Waals surface area contributed by atoms with Crippen molar-refractivity contribution >= 4 is 28.5 Å². The third-order valence-corrected chi connectivity index (χ3v) is 4.01. The fourth-order valence-electron chi connectivity index (χ4n) is 2.13. The normalized spacial score (nSPS) is 18.9. The van der Waals surface area contributed by atoms with Gasteiger partial charge in [-0.15, -0.1) is 0 Å². The van der Waals surface area contributed by atoms with Crippen molar-refractivity contribution in [2.24, 2.45) is 0 Å². The Hall–Kier alpha value is -0.690. The fourth-order valence-corrected chi connectivity index (χ4v) is 2.85. The van der Waals surface area contributed by atoms with Crippen LogP contribution in [0.5, 0.6) is 0 Å². The fraction of sp³-hybridized carbons (Fsp3) is 0.462. The first-order chi connectivity index (χ1) is 8.66. The predicted octanol–water partition coefficient (Wildman–Crippen LogP) is 2.30. The number of benzene rings is 1. The zero-order chi connectivity index (χ0) is 13.0. The summed E-state index contributed by atoms with van der Waals surface area (Å²) in [6, 6.07) is 4.74. The lowest BCUT2D eigenvalue weighted by atomic mass is 10.1. The number of nitrogens with one attached hydrogen (secondary N) is 2. The van der Waals surface area contributed by atoms with E-state index in [9.17, 15) is 9.18 Å². The average Bonchev–Trinajstić information content (AvgIpc) is 2.81. The van der Waals surface area contributed by atoms with E-state index in [4.69, 9.17) is 0 Å². The Bertz CT molecular complexity index is 433. The number of halogens is 2. The third-order valence-electron chi connectivity index (χ3n) is 3.12. The van der Waals surface area contributed by atoms with E-state index < -0.39 is 0 Å². The summed E-state index contributed by atoms with van der Waals surface area (Å²) < 4.78 is 13.6. The van der Waals surface area contributed by atoms with Crippen LogP contribution in [0.15, 0.2) is 18.2 Å². The molecule has 2 N–H and O–H groups in total. The molecule has 1 fully saturated rings. The summed E-state index contributed by atoms with van der Waals surface area (Å²) in [5, 5.41) is 6.27. The molecule has 1 aromatic rings. The van der Waals surface area contributed by atoms with Crippen LogP contribution < -0.4 is 10.6 Å². The van der Waals surface area contributed by atoms with Crippen molar-refractivity contribution in [3.8, 4) is 0 Å². The Kier molecular flexibility index (Phi) is 4.94. The van der Waals surface area contributed by atoms with E-state index in [-0.39, 0.29) is 11.7 Å². The van der Waals surface area contributed by atoms with Crippen molar-refractivity contribution in [3.63, 3.8) is 0 Å². The summed E-state index contributed by atoms with van der Waals surface area (Å²) in [4.78, 5) is 11.9. The van der Waals surface area contributed by atoms with Gasteiger partial charge in [-0.1, -0.05) is 0 Å². The van der Waals surface area contributed by atoms with Crippen LogP contribution in [-0.2, 0) is 0 Å². The molecule has 0 aliphatic carbocycles. The Morgan fingerprint density at radius 1 is 1.56 bits per heavy atom. The van der Waals surface area contributed by atoms with Gasteiger partial charge in [0.05, 0.1) is 5.56 Å². The average molecular weight is 362 g/mol. The van der Waals surface area contributed by atoms with Crippen LogP contribution in [0, 0.1) is 9.39 Å². The zero-order valence-corrected chi connectivity index (χ0v) is 12.2. The van der Waals surface area contributed by atoms with Crippen LogP contribution in [0.2, 0.25) is 0 Å². The molecule has 1 saturated heterocycles. The molecular formula is C13H16FIN2O. The second-order valence-corrected chi connectivity index (χ2v) is 5.62. The number of rotatable bonds is 4. The van der Waals surface area contributed by atoms with E-state index in [0.717, 1.165) is 13.0 Å². The van der Waals surface area contributed by atoms with Gasteiger partial charge in [0, 0.05) is 16.2 Å². The number of hydrogen-bond donors (Lipinski definition) is 2. The molecule has 3 nitrogen and oxygen atoms in total. The quantitative estimate of drug-likeness (QED) is 0.808. The summed E-state index contributed by atoms with van der Waals surface area (Å²) in [7, 11) is 0. The first-order valence-corrected chi connectivity index (χ1v) is 7.21. The second-order valence-electron chi connectivity index (χ2n) is 4.46. The van der Waals surface area contributed by atoms with Crippen LogP contribution in [0.25, 0.3) is 0 Å². The van der Waals surface area contributed by atoms with E-state index in [1.54, 1.807) is 0 Å². The topological polar surface area (TPSA) is 41.1 Å². The Morgan fingerprint density at radius 2 is 2.39 bits per heavy atom. The van der Waals surface area contributed by atoms with Gasteiger partial charge in [0.15, 0.2) is 0 Å². The molecule has 1 aliphatic rings. The summed E-state index contributed by atoms with van der Waals surface area (Å²) in [5.74, 6) is -0.441. The van der Waals surface area contributed by atoms with E-state index in [1.807, 2.05) is 22.6 Å². The lowest BCUT2D eigenvalue weighted by Crippen LogP contribution is -2.30. The lowest BCUT2D eigenvalue weighted by molar-refractivity contribution is 0.0951. The maximum atomic E-state index is 12.9. The summed E-state index contributed by atoms with van der Waals surface area (Å²) >= 11 is 1.98.